The lowest BCUT2D eigenvalue weighted by Crippen LogP contribution is -2.35. The summed E-state index contributed by atoms with van der Waals surface area (Å²) in [6.45, 7) is 0.372. The topological polar surface area (TPSA) is 109 Å². The molecule has 1 fully saturated rings. The van der Waals surface area contributed by atoms with Crippen molar-refractivity contribution in [3.05, 3.63) is 29.7 Å². The number of nitrogens with one attached hydrogen (secondary N) is 1. The fourth-order valence-electron chi connectivity index (χ4n) is 3.18. The average molecular weight is 362 g/mol. The van der Waals surface area contributed by atoms with Crippen LogP contribution in [0.3, 0.4) is 0 Å². The van der Waals surface area contributed by atoms with Crippen molar-refractivity contribution in [1.82, 2.24) is 19.9 Å². The SMILES string of the molecule is O=C(NC[C@@H](O)COC1CCCCC1)c1cnn2cc(CCO)cnc12. The van der Waals surface area contributed by atoms with Gasteiger partial charge in [0.25, 0.3) is 5.91 Å². The molecule has 2 heterocycles. The van der Waals surface area contributed by atoms with Crippen LogP contribution >= 0.6 is 0 Å². The molecule has 3 N–H and O–H groups in total. The van der Waals surface area contributed by atoms with E-state index in [0.717, 1.165) is 18.4 Å². The van der Waals surface area contributed by atoms with Gasteiger partial charge in [0.1, 0.15) is 5.56 Å². The summed E-state index contributed by atoms with van der Waals surface area (Å²) in [6, 6.07) is 0. The fourth-order valence-corrected chi connectivity index (χ4v) is 3.18. The summed E-state index contributed by atoms with van der Waals surface area (Å²) in [4.78, 5) is 16.6. The van der Waals surface area contributed by atoms with Crippen LogP contribution < -0.4 is 5.32 Å². The van der Waals surface area contributed by atoms with Crippen LogP contribution in [-0.2, 0) is 11.2 Å². The Kier molecular flexibility index (Phi) is 6.54. The maximum Gasteiger partial charge on any atom is 0.256 e. The Hall–Kier alpha value is -2.03. The Balaban J connectivity index is 1.50. The van der Waals surface area contributed by atoms with Crippen molar-refractivity contribution in [3.63, 3.8) is 0 Å². The highest BCUT2D eigenvalue weighted by molar-refractivity contribution is 5.99. The van der Waals surface area contributed by atoms with Gasteiger partial charge in [-0.25, -0.2) is 9.50 Å². The van der Waals surface area contributed by atoms with Crippen LogP contribution in [0.25, 0.3) is 5.65 Å². The molecule has 0 spiro atoms. The van der Waals surface area contributed by atoms with Crippen LogP contribution in [0.4, 0.5) is 0 Å². The molecule has 0 saturated heterocycles. The smallest absolute Gasteiger partial charge is 0.256 e. The van der Waals surface area contributed by atoms with Crippen LogP contribution in [0.5, 0.6) is 0 Å². The zero-order valence-corrected chi connectivity index (χ0v) is 14.8. The highest BCUT2D eigenvalue weighted by atomic mass is 16.5. The van der Waals surface area contributed by atoms with E-state index in [2.05, 4.69) is 15.4 Å². The summed E-state index contributed by atoms with van der Waals surface area (Å²) in [5.41, 5.74) is 1.63. The van der Waals surface area contributed by atoms with Gasteiger partial charge in [-0.15, -0.1) is 0 Å². The van der Waals surface area contributed by atoms with E-state index in [4.69, 9.17) is 9.84 Å². The summed E-state index contributed by atoms with van der Waals surface area (Å²) in [7, 11) is 0. The van der Waals surface area contributed by atoms with Gasteiger partial charge in [0.2, 0.25) is 0 Å². The zero-order valence-electron chi connectivity index (χ0n) is 14.8. The lowest BCUT2D eigenvalue weighted by molar-refractivity contribution is -0.0225. The first-order valence-corrected chi connectivity index (χ1v) is 9.18. The number of ether oxygens (including phenoxy) is 1. The molecule has 2 aromatic heterocycles. The Labute approximate surface area is 152 Å². The Morgan fingerprint density at radius 3 is 2.92 bits per heavy atom. The average Bonchev–Trinajstić information content (AvgIpc) is 3.09. The van der Waals surface area contributed by atoms with E-state index >= 15 is 0 Å². The minimum absolute atomic E-state index is 0.0304. The predicted octanol–water partition coefficient (Wildman–Crippen LogP) is 0.704. The van der Waals surface area contributed by atoms with Crippen LogP contribution in [0, 0.1) is 0 Å². The Bertz CT molecular complexity index is 727. The molecule has 1 amide bonds. The Morgan fingerprint density at radius 1 is 1.35 bits per heavy atom. The minimum atomic E-state index is -0.744. The molecule has 0 aliphatic heterocycles. The van der Waals surface area contributed by atoms with Crippen molar-refractivity contribution in [2.45, 2.75) is 50.7 Å². The number of nitrogens with zero attached hydrogens (tertiary/aromatic N) is 3. The van der Waals surface area contributed by atoms with Crippen LogP contribution in [0.15, 0.2) is 18.6 Å². The zero-order chi connectivity index (χ0) is 18.4. The molecule has 0 aromatic carbocycles. The molecule has 0 radical (unpaired) electrons. The first kappa shape index (κ1) is 18.8. The Morgan fingerprint density at radius 2 is 2.15 bits per heavy atom. The van der Waals surface area contributed by atoms with E-state index in [1.165, 1.54) is 30.0 Å². The first-order chi connectivity index (χ1) is 12.7. The van der Waals surface area contributed by atoms with Gasteiger partial charge >= 0.3 is 0 Å². The number of hydrogen-bond donors (Lipinski definition) is 3. The summed E-state index contributed by atoms with van der Waals surface area (Å²) >= 11 is 0. The van der Waals surface area contributed by atoms with Gasteiger partial charge in [0, 0.05) is 25.5 Å². The highest BCUT2D eigenvalue weighted by Gasteiger charge is 2.18. The van der Waals surface area contributed by atoms with E-state index in [-0.39, 0.29) is 31.8 Å². The van der Waals surface area contributed by atoms with Crippen molar-refractivity contribution in [3.8, 4) is 0 Å². The number of hydrogen-bond acceptors (Lipinski definition) is 6. The fraction of sp³-hybridized carbons (Fsp3) is 0.611. The summed E-state index contributed by atoms with van der Waals surface area (Å²) in [5.74, 6) is -0.334. The molecule has 1 saturated carbocycles. The molecule has 26 heavy (non-hydrogen) atoms. The van der Waals surface area contributed by atoms with Gasteiger partial charge in [0.05, 0.1) is 25.0 Å². The molecular formula is C18H26N4O4. The molecule has 1 aliphatic carbocycles. The second kappa shape index (κ2) is 9.07. The van der Waals surface area contributed by atoms with Gasteiger partial charge in [-0.05, 0) is 24.8 Å². The second-order valence-corrected chi connectivity index (χ2v) is 6.72. The van der Waals surface area contributed by atoms with Crippen molar-refractivity contribution >= 4 is 11.6 Å². The van der Waals surface area contributed by atoms with Crippen LogP contribution in [0.1, 0.15) is 48.0 Å². The number of amides is 1. The maximum absolute atomic E-state index is 12.3. The van der Waals surface area contributed by atoms with Crippen LogP contribution in [-0.4, -0.2) is 62.7 Å². The first-order valence-electron chi connectivity index (χ1n) is 9.18. The van der Waals surface area contributed by atoms with Gasteiger partial charge < -0.3 is 20.3 Å². The van der Waals surface area contributed by atoms with E-state index in [1.807, 2.05) is 0 Å². The van der Waals surface area contributed by atoms with E-state index < -0.39 is 6.10 Å². The van der Waals surface area contributed by atoms with Gasteiger partial charge in [-0.2, -0.15) is 5.10 Å². The molecule has 2 aromatic rings. The van der Waals surface area contributed by atoms with E-state index in [1.54, 1.807) is 12.4 Å². The third kappa shape index (κ3) is 4.78. The lowest BCUT2D eigenvalue weighted by Gasteiger charge is -2.23. The molecule has 142 valence electrons. The van der Waals surface area contributed by atoms with Gasteiger partial charge in [0.15, 0.2) is 5.65 Å². The third-order valence-corrected chi connectivity index (χ3v) is 4.63. The number of carbonyl (C=O) groups is 1. The molecule has 3 rings (SSSR count). The number of aliphatic hydroxyl groups excluding tert-OH is 2. The quantitative estimate of drug-likeness (QED) is 0.638. The second-order valence-electron chi connectivity index (χ2n) is 6.72. The number of carbonyl (C=O) groups excluding carboxylic acids is 1. The van der Waals surface area contributed by atoms with Crippen molar-refractivity contribution in [2.75, 3.05) is 19.8 Å². The molecule has 8 heteroatoms. The monoisotopic (exact) mass is 362 g/mol. The molecule has 8 nitrogen and oxygen atoms in total. The van der Waals surface area contributed by atoms with Crippen molar-refractivity contribution < 1.29 is 19.7 Å². The number of aliphatic hydroxyl groups is 2. The molecule has 0 unspecified atom stereocenters. The highest BCUT2D eigenvalue weighted by Crippen LogP contribution is 2.20. The molecule has 0 bridgehead atoms. The molecule has 1 atom stereocenters. The number of aromatic nitrogens is 3. The van der Waals surface area contributed by atoms with Crippen molar-refractivity contribution in [1.29, 1.82) is 0 Å². The standard InChI is InChI=1S/C18H26N4O4/c23-7-6-13-8-19-17-16(10-21-22(17)11-13)18(25)20-9-14(24)12-26-15-4-2-1-3-5-15/h8,10-11,14-15,23-24H,1-7,9,12H2,(H,20,25)/t14-/m1/s1. The molecular weight excluding hydrogens is 336 g/mol. The van der Waals surface area contributed by atoms with Crippen molar-refractivity contribution in [2.24, 2.45) is 0 Å². The maximum atomic E-state index is 12.3. The summed E-state index contributed by atoms with van der Waals surface area (Å²) in [6.07, 6.45) is 10.5. The third-order valence-electron chi connectivity index (χ3n) is 4.63. The van der Waals surface area contributed by atoms with Crippen LogP contribution in [0.2, 0.25) is 0 Å². The number of fused-ring (bicyclic) bond motifs is 1. The summed E-state index contributed by atoms with van der Waals surface area (Å²) in [5, 5.41) is 25.8. The minimum Gasteiger partial charge on any atom is -0.396 e. The van der Waals surface area contributed by atoms with Gasteiger partial charge in [-0.3, -0.25) is 4.79 Å². The predicted molar refractivity (Wildman–Crippen MR) is 94.9 cm³/mol. The number of rotatable bonds is 8. The lowest BCUT2D eigenvalue weighted by atomic mass is 9.98. The largest absolute Gasteiger partial charge is 0.396 e. The summed E-state index contributed by atoms with van der Waals surface area (Å²) < 4.78 is 7.24. The van der Waals surface area contributed by atoms with E-state index in [0.29, 0.717) is 17.6 Å². The molecule has 1 aliphatic rings. The van der Waals surface area contributed by atoms with Gasteiger partial charge in [-0.1, -0.05) is 19.3 Å². The normalized spacial score (nSPS) is 16.7. The van der Waals surface area contributed by atoms with E-state index in [9.17, 15) is 9.90 Å².